The first-order valence-corrected chi connectivity index (χ1v) is 7.46. The molecule has 2 rings (SSSR count). The van der Waals surface area contributed by atoms with Crippen molar-refractivity contribution in [3.63, 3.8) is 0 Å². The zero-order valence-corrected chi connectivity index (χ0v) is 14.0. The molecule has 0 fully saturated rings. The first-order valence-electron chi connectivity index (χ1n) is 6.67. The number of hydrogen-bond donors (Lipinski definition) is 0. The summed E-state index contributed by atoms with van der Waals surface area (Å²) >= 11 is 3.44. The Hall–Kier alpha value is -1.65. The topological polar surface area (TPSA) is 29.5 Å². The van der Waals surface area contributed by atoms with Crippen LogP contribution in [0, 0.1) is 6.92 Å². The Morgan fingerprint density at radius 3 is 2.38 bits per heavy atom. The number of halogens is 1. The number of nitrogens with zero attached hydrogens (tertiary/aromatic N) is 1. The van der Waals surface area contributed by atoms with Gasteiger partial charge in [-0.15, -0.1) is 0 Å². The van der Waals surface area contributed by atoms with Crippen molar-refractivity contribution in [1.29, 1.82) is 0 Å². The second-order valence-electron chi connectivity index (χ2n) is 4.90. The van der Waals surface area contributed by atoms with Crippen molar-refractivity contribution in [2.75, 3.05) is 14.2 Å². The van der Waals surface area contributed by atoms with Gasteiger partial charge in [-0.25, -0.2) is 5.06 Å². The molecule has 0 unspecified atom stereocenters. The minimum absolute atomic E-state index is 0.0615. The molecule has 0 saturated carbocycles. The van der Waals surface area contributed by atoms with Crippen LogP contribution in [-0.2, 0) is 16.1 Å². The van der Waals surface area contributed by atoms with E-state index in [1.807, 2.05) is 25.1 Å². The van der Waals surface area contributed by atoms with Crippen LogP contribution in [0.4, 0.5) is 0 Å². The summed E-state index contributed by atoms with van der Waals surface area (Å²) in [4.78, 5) is 16.9. The largest absolute Gasteiger partial charge is 0.275 e. The lowest BCUT2D eigenvalue weighted by molar-refractivity contribution is -0.167. The van der Waals surface area contributed by atoms with Crippen molar-refractivity contribution < 1.29 is 9.63 Å². The SMILES string of the molecule is CON(C)C(=O)Cc1cc(-c2ccc(Br)cc2)ccc1C. The first-order chi connectivity index (χ1) is 10.0. The van der Waals surface area contributed by atoms with Gasteiger partial charge in [-0.3, -0.25) is 9.63 Å². The van der Waals surface area contributed by atoms with Gasteiger partial charge in [0.05, 0.1) is 13.5 Å². The highest BCUT2D eigenvalue weighted by Crippen LogP contribution is 2.24. The van der Waals surface area contributed by atoms with E-state index in [4.69, 9.17) is 4.84 Å². The van der Waals surface area contributed by atoms with Gasteiger partial charge in [0.15, 0.2) is 0 Å². The average Bonchev–Trinajstić information content (AvgIpc) is 2.49. The molecule has 0 saturated heterocycles. The van der Waals surface area contributed by atoms with Crippen LogP contribution in [0.3, 0.4) is 0 Å². The van der Waals surface area contributed by atoms with Crippen molar-refractivity contribution in [2.24, 2.45) is 0 Å². The molecule has 0 aliphatic carbocycles. The smallest absolute Gasteiger partial charge is 0.250 e. The predicted molar refractivity (Wildman–Crippen MR) is 87.8 cm³/mol. The molecule has 2 aromatic rings. The van der Waals surface area contributed by atoms with E-state index in [0.717, 1.165) is 26.7 Å². The van der Waals surface area contributed by atoms with E-state index in [0.29, 0.717) is 6.42 Å². The molecular weight excluding hydrogens is 330 g/mol. The Balaban J connectivity index is 2.29. The average molecular weight is 348 g/mol. The van der Waals surface area contributed by atoms with Crippen molar-refractivity contribution in [2.45, 2.75) is 13.3 Å². The highest BCUT2D eigenvalue weighted by molar-refractivity contribution is 9.10. The molecule has 4 heteroatoms. The monoisotopic (exact) mass is 347 g/mol. The van der Waals surface area contributed by atoms with Gasteiger partial charge < -0.3 is 0 Å². The van der Waals surface area contributed by atoms with Crippen LogP contribution in [-0.4, -0.2) is 25.1 Å². The van der Waals surface area contributed by atoms with Gasteiger partial charge in [0.25, 0.3) is 0 Å². The Bertz CT molecular complexity index is 638. The number of benzene rings is 2. The van der Waals surface area contributed by atoms with Gasteiger partial charge >= 0.3 is 0 Å². The highest BCUT2D eigenvalue weighted by atomic mass is 79.9. The lowest BCUT2D eigenvalue weighted by Crippen LogP contribution is -2.27. The maximum atomic E-state index is 12.0. The fourth-order valence-corrected chi connectivity index (χ4v) is 2.32. The molecule has 0 bridgehead atoms. The molecule has 0 spiro atoms. The second kappa shape index (κ2) is 6.87. The fourth-order valence-electron chi connectivity index (χ4n) is 2.06. The molecule has 21 heavy (non-hydrogen) atoms. The zero-order valence-electron chi connectivity index (χ0n) is 12.4. The van der Waals surface area contributed by atoms with Crippen molar-refractivity contribution >= 4 is 21.8 Å². The maximum absolute atomic E-state index is 12.0. The molecule has 0 heterocycles. The second-order valence-corrected chi connectivity index (χ2v) is 5.81. The lowest BCUT2D eigenvalue weighted by atomic mass is 9.98. The standard InChI is InChI=1S/C17H18BrNO2/c1-12-4-5-14(13-6-8-16(18)9-7-13)10-15(12)11-17(20)19(2)21-3/h4-10H,11H2,1-3H3. The quantitative estimate of drug-likeness (QED) is 0.782. The minimum Gasteiger partial charge on any atom is -0.275 e. The van der Waals surface area contributed by atoms with E-state index in [1.165, 1.54) is 12.2 Å². The maximum Gasteiger partial charge on any atom is 0.250 e. The molecule has 0 atom stereocenters. The molecule has 0 aliphatic heterocycles. The van der Waals surface area contributed by atoms with Gasteiger partial charge in [-0.1, -0.05) is 46.3 Å². The summed E-state index contributed by atoms with van der Waals surface area (Å²) < 4.78 is 1.05. The molecule has 0 radical (unpaired) electrons. The summed E-state index contributed by atoms with van der Waals surface area (Å²) in [6.07, 6.45) is 0.334. The van der Waals surface area contributed by atoms with Crippen molar-refractivity contribution in [1.82, 2.24) is 5.06 Å². The van der Waals surface area contributed by atoms with E-state index < -0.39 is 0 Å². The van der Waals surface area contributed by atoms with Crippen LogP contribution in [0.25, 0.3) is 11.1 Å². The number of carbonyl (C=O) groups is 1. The number of amides is 1. The van der Waals surface area contributed by atoms with E-state index in [1.54, 1.807) is 7.05 Å². The summed E-state index contributed by atoms with van der Waals surface area (Å²) in [5.41, 5.74) is 4.36. The summed E-state index contributed by atoms with van der Waals surface area (Å²) in [7, 11) is 3.11. The number of aryl methyl sites for hydroxylation is 1. The van der Waals surface area contributed by atoms with E-state index in [9.17, 15) is 4.79 Å². The van der Waals surface area contributed by atoms with Crippen LogP contribution in [0.1, 0.15) is 11.1 Å². The fraction of sp³-hybridized carbons (Fsp3) is 0.235. The zero-order chi connectivity index (χ0) is 15.4. The van der Waals surface area contributed by atoms with Gasteiger partial charge in [0.1, 0.15) is 0 Å². The van der Waals surface area contributed by atoms with Crippen LogP contribution in [0.5, 0.6) is 0 Å². The Kier molecular flexibility index (Phi) is 5.15. The third-order valence-electron chi connectivity index (χ3n) is 3.49. The normalized spacial score (nSPS) is 10.5. The Labute approximate surface area is 133 Å². The molecule has 3 nitrogen and oxygen atoms in total. The number of hydrogen-bond acceptors (Lipinski definition) is 2. The molecular formula is C17H18BrNO2. The predicted octanol–water partition coefficient (Wildman–Crippen LogP) is 3.99. The first kappa shape index (κ1) is 15.7. The molecule has 1 amide bonds. The van der Waals surface area contributed by atoms with Crippen LogP contribution in [0.2, 0.25) is 0 Å². The highest BCUT2D eigenvalue weighted by Gasteiger charge is 2.11. The Morgan fingerprint density at radius 2 is 1.76 bits per heavy atom. The van der Waals surface area contributed by atoms with Crippen molar-refractivity contribution in [3.05, 3.63) is 58.1 Å². The van der Waals surface area contributed by atoms with Crippen LogP contribution < -0.4 is 0 Å². The number of hydroxylamine groups is 2. The van der Waals surface area contributed by atoms with Gasteiger partial charge in [-0.05, 0) is 41.3 Å². The van der Waals surface area contributed by atoms with Crippen molar-refractivity contribution in [3.8, 4) is 11.1 Å². The molecule has 110 valence electrons. The lowest BCUT2D eigenvalue weighted by Gasteiger charge is -2.15. The van der Waals surface area contributed by atoms with Crippen LogP contribution in [0.15, 0.2) is 46.9 Å². The van der Waals surface area contributed by atoms with Gasteiger partial charge in [-0.2, -0.15) is 0 Å². The molecule has 0 N–H and O–H groups in total. The summed E-state index contributed by atoms with van der Waals surface area (Å²) in [6.45, 7) is 2.01. The number of rotatable bonds is 4. The molecule has 0 aliphatic rings. The summed E-state index contributed by atoms with van der Waals surface area (Å²) in [6, 6.07) is 14.3. The summed E-state index contributed by atoms with van der Waals surface area (Å²) in [5, 5.41) is 1.26. The molecule has 2 aromatic carbocycles. The number of carbonyl (C=O) groups excluding carboxylic acids is 1. The Morgan fingerprint density at radius 1 is 1.14 bits per heavy atom. The van der Waals surface area contributed by atoms with E-state index >= 15 is 0 Å². The minimum atomic E-state index is -0.0615. The van der Waals surface area contributed by atoms with Gasteiger partial charge in [0, 0.05) is 11.5 Å². The molecule has 0 aromatic heterocycles. The van der Waals surface area contributed by atoms with E-state index in [-0.39, 0.29) is 5.91 Å². The van der Waals surface area contributed by atoms with E-state index in [2.05, 4.69) is 40.2 Å². The third-order valence-corrected chi connectivity index (χ3v) is 4.02. The van der Waals surface area contributed by atoms with Gasteiger partial charge in [0.2, 0.25) is 5.91 Å². The summed E-state index contributed by atoms with van der Waals surface area (Å²) in [5.74, 6) is -0.0615. The number of likely N-dealkylation sites (N-methyl/N-ethyl adjacent to an activating group) is 1. The third kappa shape index (κ3) is 3.93. The van der Waals surface area contributed by atoms with Crippen LogP contribution >= 0.6 is 15.9 Å².